The third-order valence-corrected chi connectivity index (χ3v) is 3.67. The first-order valence-corrected chi connectivity index (χ1v) is 7.00. The predicted octanol–water partition coefficient (Wildman–Crippen LogP) is 3.78. The number of hydrogen-bond acceptors (Lipinski definition) is 2. The van der Waals surface area contributed by atoms with Crippen molar-refractivity contribution in [3.63, 3.8) is 0 Å². The zero-order valence-electron chi connectivity index (χ0n) is 12.7. The zero-order valence-corrected chi connectivity index (χ0v) is 12.7. The first kappa shape index (κ1) is 14.6. The standard InChI is InChI=1S/C18H23NO/c1-13-6-5-7-16(11-13)19(4)12-18(20)17-9-8-14(2)10-15(17)3/h5-11,18,20H,12H2,1-4H3. The van der Waals surface area contributed by atoms with Crippen LogP contribution in [-0.4, -0.2) is 18.7 Å². The van der Waals surface area contributed by atoms with Gasteiger partial charge in [0.25, 0.3) is 0 Å². The van der Waals surface area contributed by atoms with E-state index in [-0.39, 0.29) is 0 Å². The molecule has 1 unspecified atom stereocenters. The summed E-state index contributed by atoms with van der Waals surface area (Å²) in [5, 5.41) is 10.5. The second-order valence-corrected chi connectivity index (χ2v) is 5.60. The maximum Gasteiger partial charge on any atom is 0.0967 e. The van der Waals surface area contributed by atoms with Crippen LogP contribution in [0.4, 0.5) is 5.69 Å². The predicted molar refractivity (Wildman–Crippen MR) is 85.3 cm³/mol. The molecule has 0 aliphatic heterocycles. The summed E-state index contributed by atoms with van der Waals surface area (Å²) in [4.78, 5) is 2.09. The molecule has 0 fully saturated rings. The van der Waals surface area contributed by atoms with Crippen molar-refractivity contribution in [3.8, 4) is 0 Å². The van der Waals surface area contributed by atoms with Crippen molar-refractivity contribution in [3.05, 3.63) is 64.7 Å². The average molecular weight is 269 g/mol. The Morgan fingerprint density at radius 3 is 2.35 bits per heavy atom. The zero-order chi connectivity index (χ0) is 14.7. The molecular weight excluding hydrogens is 246 g/mol. The number of aryl methyl sites for hydroxylation is 3. The SMILES string of the molecule is Cc1cccc(N(C)CC(O)c2ccc(C)cc2C)c1. The second kappa shape index (κ2) is 6.10. The van der Waals surface area contributed by atoms with Gasteiger partial charge in [0.15, 0.2) is 0 Å². The van der Waals surface area contributed by atoms with Gasteiger partial charge >= 0.3 is 0 Å². The molecule has 0 aliphatic rings. The van der Waals surface area contributed by atoms with E-state index in [1.165, 1.54) is 11.1 Å². The van der Waals surface area contributed by atoms with E-state index in [0.29, 0.717) is 6.54 Å². The average Bonchev–Trinajstić information content (AvgIpc) is 2.38. The van der Waals surface area contributed by atoms with Crippen molar-refractivity contribution >= 4 is 5.69 Å². The summed E-state index contributed by atoms with van der Waals surface area (Å²) in [6, 6.07) is 14.5. The molecule has 0 aromatic heterocycles. The van der Waals surface area contributed by atoms with E-state index in [4.69, 9.17) is 0 Å². The molecule has 106 valence electrons. The third-order valence-electron chi connectivity index (χ3n) is 3.67. The van der Waals surface area contributed by atoms with Gasteiger partial charge in [-0.3, -0.25) is 0 Å². The quantitative estimate of drug-likeness (QED) is 0.913. The molecule has 0 saturated carbocycles. The summed E-state index contributed by atoms with van der Waals surface area (Å²) in [5.41, 5.74) is 5.75. The van der Waals surface area contributed by atoms with Crippen LogP contribution >= 0.6 is 0 Å². The van der Waals surface area contributed by atoms with Crippen LogP contribution in [0.3, 0.4) is 0 Å². The van der Waals surface area contributed by atoms with Crippen molar-refractivity contribution in [2.75, 3.05) is 18.5 Å². The molecule has 0 saturated heterocycles. The number of benzene rings is 2. The Morgan fingerprint density at radius 2 is 1.70 bits per heavy atom. The number of aliphatic hydroxyl groups is 1. The van der Waals surface area contributed by atoms with Gasteiger partial charge in [0.1, 0.15) is 0 Å². The van der Waals surface area contributed by atoms with Crippen molar-refractivity contribution < 1.29 is 5.11 Å². The molecule has 2 aromatic carbocycles. The van der Waals surface area contributed by atoms with Gasteiger partial charge in [-0.05, 0) is 49.6 Å². The molecule has 2 nitrogen and oxygen atoms in total. The van der Waals surface area contributed by atoms with Gasteiger partial charge in [-0.2, -0.15) is 0 Å². The number of aliphatic hydroxyl groups excluding tert-OH is 1. The molecule has 2 aromatic rings. The van der Waals surface area contributed by atoms with Gasteiger partial charge in [0.05, 0.1) is 6.10 Å². The number of rotatable bonds is 4. The van der Waals surface area contributed by atoms with Gasteiger partial charge in [0, 0.05) is 19.3 Å². The molecule has 1 atom stereocenters. The lowest BCUT2D eigenvalue weighted by atomic mass is 10.0. The summed E-state index contributed by atoms with van der Waals surface area (Å²) in [6.07, 6.45) is -0.471. The molecule has 0 amide bonds. The minimum Gasteiger partial charge on any atom is -0.387 e. The van der Waals surface area contributed by atoms with Crippen LogP contribution in [0.5, 0.6) is 0 Å². The molecule has 0 aliphatic carbocycles. The lowest BCUT2D eigenvalue weighted by molar-refractivity contribution is 0.184. The number of nitrogens with zero attached hydrogens (tertiary/aromatic N) is 1. The Morgan fingerprint density at radius 1 is 1.00 bits per heavy atom. The molecule has 1 N–H and O–H groups in total. The first-order chi connectivity index (χ1) is 9.47. The highest BCUT2D eigenvalue weighted by atomic mass is 16.3. The summed E-state index contributed by atoms with van der Waals surface area (Å²) in [7, 11) is 2.02. The minimum atomic E-state index is -0.471. The lowest BCUT2D eigenvalue weighted by Gasteiger charge is -2.24. The Balaban J connectivity index is 2.12. The summed E-state index contributed by atoms with van der Waals surface area (Å²) < 4.78 is 0. The highest BCUT2D eigenvalue weighted by Gasteiger charge is 2.13. The Labute approximate surface area is 121 Å². The monoisotopic (exact) mass is 269 g/mol. The van der Waals surface area contributed by atoms with Crippen molar-refractivity contribution in [2.45, 2.75) is 26.9 Å². The topological polar surface area (TPSA) is 23.5 Å². The maximum atomic E-state index is 10.5. The second-order valence-electron chi connectivity index (χ2n) is 5.60. The van der Waals surface area contributed by atoms with Gasteiger partial charge in [0.2, 0.25) is 0 Å². The largest absolute Gasteiger partial charge is 0.387 e. The summed E-state index contributed by atoms with van der Waals surface area (Å²) >= 11 is 0. The van der Waals surface area contributed by atoms with E-state index in [0.717, 1.165) is 16.8 Å². The van der Waals surface area contributed by atoms with Gasteiger partial charge in [-0.25, -0.2) is 0 Å². The number of anilines is 1. The molecular formula is C18H23NO. The smallest absolute Gasteiger partial charge is 0.0967 e. The van der Waals surface area contributed by atoms with Gasteiger partial charge < -0.3 is 10.0 Å². The van der Waals surface area contributed by atoms with Crippen molar-refractivity contribution in [1.82, 2.24) is 0 Å². The van der Waals surface area contributed by atoms with Crippen LogP contribution in [0.15, 0.2) is 42.5 Å². The van der Waals surface area contributed by atoms with Crippen LogP contribution in [-0.2, 0) is 0 Å². The van der Waals surface area contributed by atoms with Crippen LogP contribution in [0.1, 0.15) is 28.4 Å². The highest BCUT2D eigenvalue weighted by molar-refractivity contribution is 5.48. The van der Waals surface area contributed by atoms with Crippen LogP contribution in [0.2, 0.25) is 0 Å². The Kier molecular flexibility index (Phi) is 4.46. The lowest BCUT2D eigenvalue weighted by Crippen LogP contribution is -2.24. The van der Waals surface area contributed by atoms with Gasteiger partial charge in [-0.1, -0.05) is 35.9 Å². The minimum absolute atomic E-state index is 0.471. The van der Waals surface area contributed by atoms with E-state index >= 15 is 0 Å². The van der Waals surface area contributed by atoms with Crippen molar-refractivity contribution in [2.24, 2.45) is 0 Å². The fourth-order valence-electron chi connectivity index (χ4n) is 2.53. The van der Waals surface area contributed by atoms with Crippen molar-refractivity contribution in [1.29, 1.82) is 0 Å². The number of likely N-dealkylation sites (N-methyl/N-ethyl adjacent to an activating group) is 1. The molecule has 0 heterocycles. The Hall–Kier alpha value is -1.80. The van der Waals surface area contributed by atoms with E-state index in [9.17, 15) is 5.11 Å². The molecule has 0 radical (unpaired) electrons. The summed E-state index contributed by atoms with van der Waals surface area (Å²) in [6.45, 7) is 6.80. The summed E-state index contributed by atoms with van der Waals surface area (Å²) in [5.74, 6) is 0. The van der Waals surface area contributed by atoms with E-state index in [1.54, 1.807) is 0 Å². The first-order valence-electron chi connectivity index (χ1n) is 7.00. The fraction of sp³-hybridized carbons (Fsp3) is 0.333. The van der Waals surface area contributed by atoms with Gasteiger partial charge in [-0.15, -0.1) is 0 Å². The molecule has 0 spiro atoms. The fourth-order valence-corrected chi connectivity index (χ4v) is 2.53. The van der Waals surface area contributed by atoms with E-state index < -0.39 is 6.10 Å². The third kappa shape index (κ3) is 3.40. The van der Waals surface area contributed by atoms with Crippen LogP contribution in [0, 0.1) is 20.8 Å². The normalized spacial score (nSPS) is 12.2. The maximum absolute atomic E-state index is 10.5. The van der Waals surface area contributed by atoms with Crippen LogP contribution < -0.4 is 4.90 Å². The molecule has 0 bridgehead atoms. The van der Waals surface area contributed by atoms with E-state index in [1.807, 2.05) is 19.2 Å². The highest BCUT2D eigenvalue weighted by Crippen LogP contribution is 2.22. The Bertz CT molecular complexity index is 592. The molecule has 2 rings (SSSR count). The molecule has 2 heteroatoms. The molecule has 20 heavy (non-hydrogen) atoms. The number of hydrogen-bond donors (Lipinski definition) is 1. The van der Waals surface area contributed by atoms with Crippen LogP contribution in [0.25, 0.3) is 0 Å². The van der Waals surface area contributed by atoms with E-state index in [2.05, 4.69) is 56.0 Å².